The number of carbonyl (C=O) groups excluding carboxylic acids is 1. The zero-order chi connectivity index (χ0) is 13.3. The largest absolute Gasteiger partial charge is 0.440 e. The molecule has 0 atom stereocenters. The van der Waals surface area contributed by atoms with E-state index in [9.17, 15) is 13.6 Å². The standard InChI is InChI=1S/C12H8ClF2NO2/c1-6-4-8(15)9(5-7(6)14)16-12(17)10-2-3-11(13)18-10/h2-5H,1H3,(H,16,17). The molecule has 0 aliphatic heterocycles. The Morgan fingerprint density at radius 3 is 2.61 bits per heavy atom. The van der Waals surface area contributed by atoms with E-state index >= 15 is 0 Å². The third-order valence-electron chi connectivity index (χ3n) is 2.29. The maximum absolute atomic E-state index is 13.5. The van der Waals surface area contributed by atoms with E-state index in [1.165, 1.54) is 19.1 Å². The van der Waals surface area contributed by atoms with Gasteiger partial charge in [0.15, 0.2) is 11.0 Å². The molecule has 0 saturated heterocycles. The first-order valence-corrected chi connectivity index (χ1v) is 5.37. The van der Waals surface area contributed by atoms with Crippen LogP contribution < -0.4 is 5.32 Å². The average molecular weight is 272 g/mol. The van der Waals surface area contributed by atoms with Gasteiger partial charge >= 0.3 is 0 Å². The number of halogens is 3. The zero-order valence-electron chi connectivity index (χ0n) is 9.26. The van der Waals surface area contributed by atoms with E-state index in [4.69, 9.17) is 16.0 Å². The second-order valence-electron chi connectivity index (χ2n) is 3.64. The number of hydrogen-bond acceptors (Lipinski definition) is 2. The molecule has 1 N–H and O–H groups in total. The van der Waals surface area contributed by atoms with Gasteiger partial charge in [0.2, 0.25) is 0 Å². The van der Waals surface area contributed by atoms with Crippen LogP contribution in [0.1, 0.15) is 16.1 Å². The van der Waals surface area contributed by atoms with Crippen LogP contribution in [0, 0.1) is 18.6 Å². The molecular weight excluding hydrogens is 264 g/mol. The minimum absolute atomic E-state index is 0.0377. The van der Waals surface area contributed by atoms with Gasteiger partial charge in [-0.15, -0.1) is 0 Å². The van der Waals surface area contributed by atoms with Gasteiger partial charge in [0.05, 0.1) is 5.69 Å². The van der Waals surface area contributed by atoms with Gasteiger partial charge in [0.1, 0.15) is 11.6 Å². The molecule has 1 aromatic carbocycles. The Morgan fingerprint density at radius 1 is 1.28 bits per heavy atom. The topological polar surface area (TPSA) is 42.2 Å². The molecule has 0 unspecified atom stereocenters. The van der Waals surface area contributed by atoms with Crippen LogP contribution in [0.4, 0.5) is 14.5 Å². The lowest BCUT2D eigenvalue weighted by Crippen LogP contribution is -2.12. The number of benzene rings is 1. The fourth-order valence-electron chi connectivity index (χ4n) is 1.36. The zero-order valence-corrected chi connectivity index (χ0v) is 10.0. The normalized spacial score (nSPS) is 10.4. The molecule has 0 bridgehead atoms. The molecule has 2 aromatic rings. The molecule has 0 fully saturated rings. The summed E-state index contributed by atoms with van der Waals surface area (Å²) in [4.78, 5) is 11.6. The van der Waals surface area contributed by atoms with E-state index in [-0.39, 0.29) is 22.2 Å². The summed E-state index contributed by atoms with van der Waals surface area (Å²) >= 11 is 5.50. The molecule has 6 heteroatoms. The van der Waals surface area contributed by atoms with Crippen molar-refractivity contribution in [3.63, 3.8) is 0 Å². The fraction of sp³-hybridized carbons (Fsp3) is 0.0833. The van der Waals surface area contributed by atoms with E-state index in [2.05, 4.69) is 5.32 Å². The highest BCUT2D eigenvalue weighted by Crippen LogP contribution is 2.20. The van der Waals surface area contributed by atoms with Crippen LogP contribution in [-0.2, 0) is 0 Å². The Bertz CT molecular complexity index is 610. The van der Waals surface area contributed by atoms with Crippen LogP contribution in [0.15, 0.2) is 28.7 Å². The third kappa shape index (κ3) is 2.51. The predicted octanol–water partition coefficient (Wildman–Crippen LogP) is 3.77. The van der Waals surface area contributed by atoms with Gasteiger partial charge in [-0.2, -0.15) is 0 Å². The van der Waals surface area contributed by atoms with Gasteiger partial charge in [0, 0.05) is 6.07 Å². The Kier molecular flexibility index (Phi) is 3.34. The molecule has 1 aromatic heterocycles. The SMILES string of the molecule is Cc1cc(F)c(NC(=O)c2ccc(Cl)o2)cc1F. The molecule has 0 spiro atoms. The molecule has 0 aliphatic carbocycles. The first kappa shape index (κ1) is 12.6. The number of anilines is 1. The Hall–Kier alpha value is -1.88. The fourth-order valence-corrected chi connectivity index (χ4v) is 1.51. The van der Waals surface area contributed by atoms with Crippen molar-refractivity contribution in [1.29, 1.82) is 0 Å². The third-order valence-corrected chi connectivity index (χ3v) is 2.50. The van der Waals surface area contributed by atoms with Gasteiger partial charge < -0.3 is 9.73 Å². The highest BCUT2D eigenvalue weighted by molar-refractivity contribution is 6.29. The number of nitrogens with one attached hydrogen (secondary N) is 1. The minimum atomic E-state index is -0.722. The molecule has 0 aliphatic rings. The first-order valence-electron chi connectivity index (χ1n) is 4.99. The van der Waals surface area contributed by atoms with Crippen molar-refractivity contribution in [1.82, 2.24) is 0 Å². The molecule has 3 nitrogen and oxygen atoms in total. The molecule has 0 saturated carbocycles. The van der Waals surface area contributed by atoms with Crippen molar-refractivity contribution in [2.75, 3.05) is 5.32 Å². The van der Waals surface area contributed by atoms with Gasteiger partial charge in [-0.1, -0.05) is 0 Å². The monoisotopic (exact) mass is 271 g/mol. The first-order chi connectivity index (χ1) is 8.47. The van der Waals surface area contributed by atoms with Crippen molar-refractivity contribution in [3.8, 4) is 0 Å². The summed E-state index contributed by atoms with van der Waals surface area (Å²) in [6.45, 7) is 1.43. The highest BCUT2D eigenvalue weighted by atomic mass is 35.5. The number of amides is 1. The Morgan fingerprint density at radius 2 is 2.00 bits per heavy atom. The van der Waals surface area contributed by atoms with Gasteiger partial charge in [0.25, 0.3) is 5.91 Å². The summed E-state index contributed by atoms with van der Waals surface area (Å²) in [7, 11) is 0. The maximum Gasteiger partial charge on any atom is 0.291 e. The summed E-state index contributed by atoms with van der Waals surface area (Å²) in [5.41, 5.74) is -0.0952. The van der Waals surface area contributed by atoms with Crippen LogP contribution in [0.25, 0.3) is 0 Å². The van der Waals surface area contributed by atoms with Gasteiger partial charge in [-0.3, -0.25) is 4.79 Å². The summed E-state index contributed by atoms with van der Waals surface area (Å²) in [5, 5.41) is 2.24. The maximum atomic E-state index is 13.5. The van der Waals surface area contributed by atoms with Crippen LogP contribution >= 0.6 is 11.6 Å². The van der Waals surface area contributed by atoms with E-state index in [0.29, 0.717) is 0 Å². The minimum Gasteiger partial charge on any atom is -0.440 e. The number of furan rings is 1. The van der Waals surface area contributed by atoms with E-state index in [1.54, 1.807) is 0 Å². The van der Waals surface area contributed by atoms with Crippen molar-refractivity contribution >= 4 is 23.2 Å². The summed E-state index contributed by atoms with van der Waals surface area (Å²) in [6, 6.07) is 4.62. The lowest BCUT2D eigenvalue weighted by molar-refractivity contribution is 0.0996. The second kappa shape index (κ2) is 4.78. The van der Waals surface area contributed by atoms with E-state index in [1.807, 2.05) is 0 Å². The second-order valence-corrected chi connectivity index (χ2v) is 4.01. The number of rotatable bonds is 2. The van der Waals surface area contributed by atoms with Crippen molar-refractivity contribution in [3.05, 3.63) is 52.4 Å². The van der Waals surface area contributed by atoms with Crippen molar-refractivity contribution in [2.45, 2.75) is 6.92 Å². The molecule has 1 amide bonds. The van der Waals surface area contributed by atoms with Gasteiger partial charge in [-0.25, -0.2) is 8.78 Å². The molecule has 2 rings (SSSR count). The summed E-state index contributed by atoms with van der Waals surface area (Å²) in [5.74, 6) is -2.12. The van der Waals surface area contributed by atoms with Crippen molar-refractivity contribution < 1.29 is 18.0 Å². The predicted molar refractivity (Wildman–Crippen MR) is 62.8 cm³/mol. The highest BCUT2D eigenvalue weighted by Gasteiger charge is 2.14. The van der Waals surface area contributed by atoms with Crippen LogP contribution in [0.3, 0.4) is 0 Å². The van der Waals surface area contributed by atoms with Crippen molar-refractivity contribution in [2.24, 2.45) is 0 Å². The van der Waals surface area contributed by atoms with Crippen LogP contribution in [0.2, 0.25) is 5.22 Å². The van der Waals surface area contributed by atoms with Crippen LogP contribution in [-0.4, -0.2) is 5.91 Å². The quantitative estimate of drug-likeness (QED) is 0.903. The molecular formula is C12H8ClF2NO2. The molecule has 0 radical (unpaired) electrons. The average Bonchev–Trinajstić information content (AvgIpc) is 2.73. The Balaban J connectivity index is 2.24. The Labute approximate surface area is 106 Å². The summed E-state index contributed by atoms with van der Waals surface area (Å²) in [6.07, 6.45) is 0. The van der Waals surface area contributed by atoms with E-state index in [0.717, 1.165) is 12.1 Å². The lowest BCUT2D eigenvalue weighted by atomic mass is 10.2. The van der Waals surface area contributed by atoms with Gasteiger partial charge in [-0.05, 0) is 42.3 Å². The number of aryl methyl sites for hydroxylation is 1. The molecule has 18 heavy (non-hydrogen) atoms. The molecule has 94 valence electrons. The van der Waals surface area contributed by atoms with E-state index < -0.39 is 17.5 Å². The lowest BCUT2D eigenvalue weighted by Gasteiger charge is -2.06. The number of carbonyl (C=O) groups is 1. The molecule has 1 heterocycles. The smallest absolute Gasteiger partial charge is 0.291 e. The summed E-state index contributed by atoms with van der Waals surface area (Å²) < 4.78 is 31.6. The van der Waals surface area contributed by atoms with Crippen LogP contribution in [0.5, 0.6) is 0 Å². The number of hydrogen-bond donors (Lipinski definition) is 1.